The first-order valence-corrected chi connectivity index (χ1v) is 7.16. The molecule has 0 fully saturated rings. The van der Waals surface area contributed by atoms with E-state index >= 15 is 0 Å². The van der Waals surface area contributed by atoms with Crippen LogP contribution in [-0.4, -0.2) is 15.7 Å². The molecule has 0 unspecified atom stereocenters. The van der Waals surface area contributed by atoms with E-state index in [-0.39, 0.29) is 12.0 Å². The Morgan fingerprint density at radius 3 is 2.55 bits per heavy atom. The van der Waals surface area contributed by atoms with Crippen LogP contribution in [0.5, 0.6) is 0 Å². The SMILES string of the molecule is CC(C)(C)NCc1nnc(Cc2cccc(F)c2F)s1. The fraction of sp³-hybridized carbons (Fsp3) is 0.429. The van der Waals surface area contributed by atoms with Crippen molar-refractivity contribution in [3.63, 3.8) is 0 Å². The average molecular weight is 297 g/mol. The van der Waals surface area contributed by atoms with Crippen LogP contribution in [0.15, 0.2) is 18.2 Å². The monoisotopic (exact) mass is 297 g/mol. The van der Waals surface area contributed by atoms with Crippen LogP contribution in [0.25, 0.3) is 0 Å². The van der Waals surface area contributed by atoms with E-state index in [0.29, 0.717) is 17.1 Å². The van der Waals surface area contributed by atoms with E-state index in [2.05, 4.69) is 36.3 Å². The van der Waals surface area contributed by atoms with Crippen LogP contribution in [-0.2, 0) is 13.0 Å². The summed E-state index contributed by atoms with van der Waals surface area (Å²) in [6.45, 7) is 6.82. The van der Waals surface area contributed by atoms with E-state index in [9.17, 15) is 8.78 Å². The van der Waals surface area contributed by atoms with Gasteiger partial charge in [-0.25, -0.2) is 8.78 Å². The Hall–Kier alpha value is -1.40. The number of nitrogens with one attached hydrogen (secondary N) is 1. The third-order valence-electron chi connectivity index (χ3n) is 2.65. The molecule has 20 heavy (non-hydrogen) atoms. The molecule has 6 heteroatoms. The lowest BCUT2D eigenvalue weighted by atomic mass is 10.1. The first kappa shape index (κ1) is 15.0. The van der Waals surface area contributed by atoms with Crippen LogP contribution in [0.2, 0.25) is 0 Å². The van der Waals surface area contributed by atoms with Gasteiger partial charge in [0.05, 0.1) is 6.54 Å². The molecule has 1 aromatic carbocycles. The average Bonchev–Trinajstić information content (AvgIpc) is 2.80. The van der Waals surface area contributed by atoms with Crippen molar-refractivity contribution in [2.24, 2.45) is 0 Å². The standard InChI is InChI=1S/C14H17F2N3S/c1-14(2,3)17-8-12-19-18-11(20-12)7-9-5-4-6-10(15)13(9)16/h4-6,17H,7-8H2,1-3H3. The summed E-state index contributed by atoms with van der Waals surface area (Å²) in [6.07, 6.45) is 0.261. The fourth-order valence-electron chi connectivity index (χ4n) is 1.62. The van der Waals surface area contributed by atoms with Crippen molar-refractivity contribution in [1.82, 2.24) is 15.5 Å². The molecule has 1 aromatic heterocycles. The molecule has 3 nitrogen and oxygen atoms in total. The Kier molecular flexibility index (Phi) is 4.45. The number of halogens is 2. The Balaban J connectivity index is 2.04. The van der Waals surface area contributed by atoms with Gasteiger partial charge in [-0.05, 0) is 32.4 Å². The third-order valence-corrected chi connectivity index (χ3v) is 3.58. The lowest BCUT2D eigenvalue weighted by molar-refractivity contribution is 0.423. The molecular weight excluding hydrogens is 280 g/mol. The zero-order valence-electron chi connectivity index (χ0n) is 11.7. The van der Waals surface area contributed by atoms with Gasteiger partial charge in [-0.3, -0.25) is 0 Å². The van der Waals surface area contributed by atoms with Crippen molar-refractivity contribution in [2.75, 3.05) is 0 Å². The summed E-state index contributed by atoms with van der Waals surface area (Å²) in [5.74, 6) is -1.64. The van der Waals surface area contributed by atoms with Crippen LogP contribution in [0, 0.1) is 11.6 Å². The smallest absolute Gasteiger partial charge is 0.162 e. The number of nitrogens with zero attached hydrogens (tertiary/aromatic N) is 2. The molecule has 0 bridgehead atoms. The summed E-state index contributed by atoms with van der Waals surface area (Å²) in [6, 6.07) is 4.17. The minimum atomic E-state index is -0.832. The van der Waals surface area contributed by atoms with E-state index in [1.54, 1.807) is 6.07 Å². The van der Waals surface area contributed by atoms with Crippen molar-refractivity contribution < 1.29 is 8.78 Å². The second-order valence-electron chi connectivity index (χ2n) is 5.58. The summed E-state index contributed by atoms with van der Waals surface area (Å²) in [5, 5.41) is 12.9. The van der Waals surface area contributed by atoms with Crippen molar-refractivity contribution in [3.05, 3.63) is 45.4 Å². The molecule has 0 spiro atoms. The van der Waals surface area contributed by atoms with Crippen LogP contribution < -0.4 is 5.32 Å². The molecular formula is C14H17F2N3S. The maximum absolute atomic E-state index is 13.6. The maximum atomic E-state index is 13.6. The largest absolute Gasteiger partial charge is 0.306 e. The number of hydrogen-bond donors (Lipinski definition) is 1. The molecule has 0 saturated carbocycles. The van der Waals surface area contributed by atoms with Gasteiger partial charge in [0.2, 0.25) is 0 Å². The summed E-state index contributed by atoms with van der Waals surface area (Å²) in [4.78, 5) is 0. The molecule has 2 aromatic rings. The van der Waals surface area contributed by atoms with E-state index in [1.165, 1.54) is 17.4 Å². The zero-order valence-corrected chi connectivity index (χ0v) is 12.5. The highest BCUT2D eigenvalue weighted by molar-refractivity contribution is 7.11. The van der Waals surface area contributed by atoms with Gasteiger partial charge < -0.3 is 5.32 Å². The molecule has 0 aliphatic rings. The number of benzene rings is 1. The Bertz CT molecular complexity index is 590. The Morgan fingerprint density at radius 1 is 1.15 bits per heavy atom. The predicted molar refractivity (Wildman–Crippen MR) is 75.7 cm³/mol. The minimum absolute atomic E-state index is 0.000496. The van der Waals surface area contributed by atoms with Crippen molar-refractivity contribution in [3.8, 4) is 0 Å². The van der Waals surface area contributed by atoms with Gasteiger partial charge in [0.15, 0.2) is 11.6 Å². The number of hydrogen-bond acceptors (Lipinski definition) is 4. The van der Waals surface area contributed by atoms with Gasteiger partial charge in [-0.2, -0.15) is 0 Å². The topological polar surface area (TPSA) is 37.8 Å². The summed E-state index contributed by atoms with van der Waals surface area (Å²) >= 11 is 1.41. The number of aromatic nitrogens is 2. The Morgan fingerprint density at radius 2 is 1.85 bits per heavy atom. The first-order chi connectivity index (χ1) is 9.35. The molecule has 108 valence electrons. The van der Waals surface area contributed by atoms with Gasteiger partial charge in [0.25, 0.3) is 0 Å². The van der Waals surface area contributed by atoms with Crippen LogP contribution in [0.1, 0.15) is 36.3 Å². The third kappa shape index (κ3) is 4.05. The molecule has 0 radical (unpaired) electrons. The molecule has 1 N–H and O–H groups in total. The predicted octanol–water partition coefficient (Wildman–Crippen LogP) is 3.30. The van der Waals surface area contributed by atoms with E-state index in [0.717, 1.165) is 11.1 Å². The van der Waals surface area contributed by atoms with Crippen LogP contribution in [0.4, 0.5) is 8.78 Å². The second kappa shape index (κ2) is 5.93. The van der Waals surface area contributed by atoms with Gasteiger partial charge in [0, 0.05) is 12.0 Å². The van der Waals surface area contributed by atoms with E-state index in [1.807, 2.05) is 0 Å². The summed E-state index contributed by atoms with van der Waals surface area (Å²) in [7, 11) is 0. The van der Waals surface area contributed by atoms with E-state index in [4.69, 9.17) is 0 Å². The van der Waals surface area contributed by atoms with Gasteiger partial charge >= 0.3 is 0 Å². The summed E-state index contributed by atoms with van der Waals surface area (Å²) < 4.78 is 26.7. The highest BCUT2D eigenvalue weighted by atomic mass is 32.1. The summed E-state index contributed by atoms with van der Waals surface area (Å²) in [5.41, 5.74) is 0.303. The first-order valence-electron chi connectivity index (χ1n) is 6.34. The van der Waals surface area contributed by atoms with Crippen molar-refractivity contribution in [2.45, 2.75) is 39.3 Å². The van der Waals surface area contributed by atoms with Crippen LogP contribution in [0.3, 0.4) is 0 Å². The fourth-order valence-corrected chi connectivity index (χ4v) is 2.43. The van der Waals surface area contributed by atoms with Crippen molar-refractivity contribution >= 4 is 11.3 Å². The zero-order chi connectivity index (χ0) is 14.8. The molecule has 2 rings (SSSR count). The van der Waals surface area contributed by atoms with E-state index < -0.39 is 11.6 Å². The highest BCUT2D eigenvalue weighted by Crippen LogP contribution is 2.18. The quantitative estimate of drug-likeness (QED) is 0.941. The molecule has 0 aliphatic heterocycles. The molecule has 0 saturated heterocycles. The minimum Gasteiger partial charge on any atom is -0.306 e. The number of rotatable bonds is 4. The molecule has 0 amide bonds. The van der Waals surface area contributed by atoms with Gasteiger partial charge in [-0.1, -0.05) is 23.5 Å². The Labute approximate surface area is 121 Å². The van der Waals surface area contributed by atoms with Crippen LogP contribution >= 0.6 is 11.3 Å². The molecule has 1 heterocycles. The normalized spacial score (nSPS) is 11.8. The van der Waals surface area contributed by atoms with Gasteiger partial charge in [-0.15, -0.1) is 10.2 Å². The molecule has 0 aliphatic carbocycles. The highest BCUT2D eigenvalue weighted by Gasteiger charge is 2.13. The lowest BCUT2D eigenvalue weighted by Crippen LogP contribution is -2.35. The van der Waals surface area contributed by atoms with Gasteiger partial charge in [0.1, 0.15) is 10.0 Å². The lowest BCUT2D eigenvalue weighted by Gasteiger charge is -2.19. The maximum Gasteiger partial charge on any atom is 0.162 e. The second-order valence-corrected chi connectivity index (χ2v) is 6.73. The van der Waals surface area contributed by atoms with Crippen molar-refractivity contribution in [1.29, 1.82) is 0 Å². The molecule has 0 atom stereocenters.